The molecule has 1 aromatic heterocycles. The molecular formula is C29H29Cl2N7O9. The number of rotatable bonds is 11. The molecule has 47 heavy (non-hydrogen) atoms. The van der Waals surface area contributed by atoms with Gasteiger partial charge in [0.05, 0.1) is 35.9 Å². The van der Waals surface area contributed by atoms with Crippen molar-refractivity contribution in [3.63, 3.8) is 0 Å². The van der Waals surface area contributed by atoms with Crippen LogP contribution in [-0.2, 0) is 4.79 Å². The van der Waals surface area contributed by atoms with Gasteiger partial charge in [0.25, 0.3) is 5.91 Å². The molecule has 0 unspecified atom stereocenters. The zero-order valence-electron chi connectivity index (χ0n) is 25.3. The van der Waals surface area contributed by atoms with Crippen LogP contribution >= 0.6 is 23.2 Å². The number of urea groups is 2. The Morgan fingerprint density at radius 3 is 2.38 bits per heavy atom. The number of hydroxylamine groups is 2. The molecule has 4 rings (SSSR count). The molecule has 18 heteroatoms. The highest BCUT2D eigenvalue weighted by molar-refractivity contribution is 6.32. The molecule has 1 fully saturated rings. The zero-order valence-corrected chi connectivity index (χ0v) is 26.9. The lowest BCUT2D eigenvalue weighted by molar-refractivity contribution is -0.402. The van der Waals surface area contributed by atoms with Gasteiger partial charge in [0.2, 0.25) is 0 Å². The summed E-state index contributed by atoms with van der Waals surface area (Å²) in [5, 5.41) is 29.1. The number of ether oxygens (including phenoxy) is 2. The van der Waals surface area contributed by atoms with E-state index >= 15 is 0 Å². The third-order valence-electron chi connectivity index (χ3n) is 6.97. The van der Waals surface area contributed by atoms with Crippen molar-refractivity contribution in [1.82, 2.24) is 15.4 Å². The number of furan rings is 1. The van der Waals surface area contributed by atoms with Gasteiger partial charge in [0.1, 0.15) is 28.7 Å². The van der Waals surface area contributed by atoms with E-state index in [1.807, 2.05) is 0 Å². The average Bonchev–Trinajstić information content (AvgIpc) is 3.57. The summed E-state index contributed by atoms with van der Waals surface area (Å²) in [5.74, 6) is -0.257. The second kappa shape index (κ2) is 14.4. The largest absolute Gasteiger partial charge is 0.495 e. The minimum Gasteiger partial charge on any atom is -0.495 e. The van der Waals surface area contributed by atoms with Gasteiger partial charge in [-0.3, -0.25) is 25.0 Å². The fourth-order valence-corrected chi connectivity index (χ4v) is 5.22. The van der Waals surface area contributed by atoms with E-state index in [4.69, 9.17) is 37.1 Å². The highest BCUT2D eigenvalue weighted by atomic mass is 35.5. The first-order valence-corrected chi connectivity index (χ1v) is 14.3. The summed E-state index contributed by atoms with van der Waals surface area (Å²) in [6, 6.07) is 9.72. The van der Waals surface area contributed by atoms with Crippen molar-refractivity contribution in [3.8, 4) is 11.5 Å². The lowest BCUT2D eigenvalue weighted by Gasteiger charge is -2.38. The Labute approximate surface area is 277 Å². The maximum absolute atomic E-state index is 13.9. The Kier molecular flexibility index (Phi) is 10.6. The number of nitrogens with one attached hydrogen (secondary N) is 2. The quantitative estimate of drug-likeness (QED) is 0.0995. The van der Waals surface area contributed by atoms with Gasteiger partial charge in [-0.15, -0.1) is 0 Å². The Hall–Kier alpha value is -5.32. The van der Waals surface area contributed by atoms with Gasteiger partial charge in [-0.2, -0.15) is 10.2 Å². The number of amides is 5. The molecule has 2 heterocycles. The van der Waals surface area contributed by atoms with Crippen LogP contribution in [0.2, 0.25) is 10.0 Å². The lowest BCUT2D eigenvalue weighted by Crippen LogP contribution is -2.58. The van der Waals surface area contributed by atoms with E-state index in [1.165, 1.54) is 81.1 Å². The predicted octanol–water partition coefficient (Wildman–Crippen LogP) is 5.60. The number of anilines is 2. The van der Waals surface area contributed by atoms with Crippen molar-refractivity contribution < 1.29 is 38.4 Å². The van der Waals surface area contributed by atoms with Crippen LogP contribution in [0.3, 0.4) is 0 Å². The number of benzene rings is 2. The van der Waals surface area contributed by atoms with Crippen LogP contribution in [0.1, 0.15) is 19.6 Å². The van der Waals surface area contributed by atoms with Gasteiger partial charge in [0, 0.05) is 17.6 Å². The van der Waals surface area contributed by atoms with Gasteiger partial charge in [0.15, 0.2) is 6.17 Å². The van der Waals surface area contributed by atoms with Gasteiger partial charge in [-0.25, -0.2) is 15.0 Å². The van der Waals surface area contributed by atoms with Crippen molar-refractivity contribution >= 4 is 70.7 Å². The van der Waals surface area contributed by atoms with Gasteiger partial charge < -0.3 is 24.1 Å². The summed E-state index contributed by atoms with van der Waals surface area (Å²) in [6.07, 6.45) is 2.57. The van der Waals surface area contributed by atoms with E-state index < -0.39 is 47.0 Å². The molecule has 1 atom stereocenters. The minimum atomic E-state index is -1.39. The van der Waals surface area contributed by atoms with Crippen LogP contribution in [0.5, 0.6) is 11.5 Å². The van der Waals surface area contributed by atoms with Crippen molar-refractivity contribution in [2.75, 3.05) is 31.0 Å². The number of hydrazone groups is 1. The molecule has 3 N–H and O–H groups in total. The van der Waals surface area contributed by atoms with Crippen molar-refractivity contribution in [2.24, 2.45) is 5.10 Å². The second-order valence-corrected chi connectivity index (χ2v) is 11.1. The van der Waals surface area contributed by atoms with E-state index in [2.05, 4.69) is 15.8 Å². The van der Waals surface area contributed by atoms with Crippen LogP contribution in [0.4, 0.5) is 26.8 Å². The predicted molar refractivity (Wildman–Crippen MR) is 172 cm³/mol. The number of carbonyl (C=O) groups excluding carboxylic acids is 3. The summed E-state index contributed by atoms with van der Waals surface area (Å²) in [6.45, 7) is 2.59. The van der Waals surface area contributed by atoms with Crippen LogP contribution in [0.15, 0.2) is 64.1 Å². The Bertz CT molecular complexity index is 1740. The summed E-state index contributed by atoms with van der Waals surface area (Å²) >= 11 is 12.5. The normalized spacial score (nSPS) is 15.7. The Morgan fingerprint density at radius 1 is 1.13 bits per heavy atom. The maximum Gasteiger partial charge on any atom is 0.433 e. The maximum atomic E-state index is 13.9. The number of carbonyl (C=O) groups is 3. The van der Waals surface area contributed by atoms with Crippen LogP contribution in [0, 0.1) is 10.1 Å². The lowest BCUT2D eigenvalue weighted by atomic mass is 9.99. The van der Waals surface area contributed by atoms with Crippen molar-refractivity contribution in [1.29, 1.82) is 0 Å². The van der Waals surface area contributed by atoms with Crippen LogP contribution < -0.4 is 25.1 Å². The standard InChI is InChI=1S/C29H29Cl2N7O9/c1-29(2)26(37(42)27(40)33-17-7-10-22(45-3)20(30)14-17)36(18-8-11-23(46-4)21(31)15-18)28(41)35(29)16-24(39)34-32-13-5-6-19-9-12-25(47-19)38(43)44/h5-15,26,42H,16H2,1-4H3,(H,33,40)(H,34,39)/b6-5-,32-13-/t26-/m1/s1. The first kappa shape index (κ1) is 34.6. The number of allylic oxidation sites excluding steroid dienone is 1. The van der Waals surface area contributed by atoms with E-state index in [9.17, 15) is 29.7 Å². The van der Waals surface area contributed by atoms with E-state index in [1.54, 1.807) is 13.8 Å². The van der Waals surface area contributed by atoms with E-state index in [0.29, 0.717) is 16.6 Å². The van der Waals surface area contributed by atoms with Crippen LogP contribution in [-0.4, -0.2) is 76.7 Å². The Balaban J connectivity index is 1.56. The van der Waals surface area contributed by atoms with Crippen LogP contribution in [0.25, 0.3) is 6.08 Å². The first-order valence-electron chi connectivity index (χ1n) is 13.6. The molecule has 2 aromatic carbocycles. The van der Waals surface area contributed by atoms with Crippen molar-refractivity contribution in [2.45, 2.75) is 25.6 Å². The van der Waals surface area contributed by atoms with Gasteiger partial charge in [-0.05, 0) is 68.5 Å². The summed E-state index contributed by atoms with van der Waals surface area (Å²) in [4.78, 5) is 52.4. The van der Waals surface area contributed by atoms with E-state index in [-0.39, 0.29) is 27.2 Å². The number of hydrogen-bond donors (Lipinski definition) is 3. The Morgan fingerprint density at radius 2 is 1.79 bits per heavy atom. The third kappa shape index (κ3) is 7.57. The molecular weight excluding hydrogens is 661 g/mol. The number of nitro groups is 1. The highest BCUT2D eigenvalue weighted by Crippen LogP contribution is 2.40. The number of hydrogen-bond acceptors (Lipinski definition) is 10. The molecule has 0 spiro atoms. The monoisotopic (exact) mass is 689 g/mol. The minimum absolute atomic E-state index is 0.152. The molecule has 0 aliphatic carbocycles. The smallest absolute Gasteiger partial charge is 0.433 e. The molecule has 0 radical (unpaired) electrons. The summed E-state index contributed by atoms with van der Waals surface area (Å²) in [5.41, 5.74) is 1.32. The zero-order chi connectivity index (χ0) is 34.5. The van der Waals surface area contributed by atoms with Gasteiger partial charge >= 0.3 is 17.9 Å². The number of halogens is 2. The van der Waals surface area contributed by atoms with Gasteiger partial charge in [-0.1, -0.05) is 23.2 Å². The fourth-order valence-electron chi connectivity index (χ4n) is 4.71. The fraction of sp³-hybridized carbons (Fsp3) is 0.241. The average molecular weight is 690 g/mol. The number of methoxy groups -OCH3 is 2. The molecule has 1 aliphatic rings. The SMILES string of the molecule is COc1ccc(NC(=O)N(O)[C@H]2N(c3ccc(OC)c(Cl)c3)C(=O)N(CC(=O)N/N=C\C=C/c3ccc([N+](=O)[O-])o3)C2(C)C)cc1Cl. The summed E-state index contributed by atoms with van der Waals surface area (Å²) in [7, 11) is 2.85. The molecule has 0 saturated carbocycles. The summed E-state index contributed by atoms with van der Waals surface area (Å²) < 4.78 is 15.3. The van der Waals surface area contributed by atoms with E-state index in [0.717, 1.165) is 9.80 Å². The van der Waals surface area contributed by atoms with Crippen molar-refractivity contribution in [3.05, 3.63) is 80.5 Å². The molecule has 16 nitrogen and oxygen atoms in total. The molecule has 1 aliphatic heterocycles. The highest BCUT2D eigenvalue weighted by Gasteiger charge is 2.56. The molecule has 1 saturated heterocycles. The second-order valence-electron chi connectivity index (χ2n) is 10.3. The third-order valence-corrected chi connectivity index (χ3v) is 7.56. The first-order chi connectivity index (χ1) is 22.3. The number of nitrogens with zero attached hydrogens (tertiary/aromatic N) is 5. The molecule has 3 aromatic rings. The topological polar surface area (TPSA) is 192 Å². The molecule has 248 valence electrons. The molecule has 5 amide bonds. The molecule has 0 bridgehead atoms.